The second-order valence-electron chi connectivity index (χ2n) is 4.45. The van der Waals surface area contributed by atoms with Crippen LogP contribution in [0.5, 0.6) is 11.5 Å². The van der Waals surface area contributed by atoms with E-state index >= 15 is 0 Å². The van der Waals surface area contributed by atoms with Crippen LogP contribution in [0.2, 0.25) is 0 Å². The van der Waals surface area contributed by atoms with E-state index in [1.165, 1.54) is 0 Å². The predicted molar refractivity (Wildman–Crippen MR) is 76.0 cm³/mol. The summed E-state index contributed by atoms with van der Waals surface area (Å²) in [5.74, 6) is 1.68. The van der Waals surface area contributed by atoms with Crippen molar-refractivity contribution in [2.45, 2.75) is 19.5 Å². The number of hydrogen-bond donors (Lipinski definition) is 1. The molecule has 1 atom stereocenters. The van der Waals surface area contributed by atoms with Crippen LogP contribution in [0.4, 0.5) is 0 Å². The highest BCUT2D eigenvalue weighted by Gasteiger charge is 2.12. The Morgan fingerprint density at radius 2 is 2.15 bits per heavy atom. The highest BCUT2D eigenvalue weighted by Crippen LogP contribution is 2.28. The second kappa shape index (κ2) is 6.91. The van der Waals surface area contributed by atoms with Crippen molar-refractivity contribution in [1.82, 2.24) is 20.3 Å². The van der Waals surface area contributed by atoms with Crippen LogP contribution in [-0.4, -0.2) is 35.8 Å². The van der Waals surface area contributed by atoms with E-state index in [-0.39, 0.29) is 6.04 Å². The molecular formula is C14H20N4O2. The van der Waals surface area contributed by atoms with Gasteiger partial charge in [0, 0.05) is 24.3 Å². The Morgan fingerprint density at radius 3 is 2.80 bits per heavy atom. The van der Waals surface area contributed by atoms with E-state index in [1.807, 2.05) is 24.4 Å². The van der Waals surface area contributed by atoms with Crippen LogP contribution < -0.4 is 14.8 Å². The Balaban J connectivity index is 1.98. The average Bonchev–Trinajstić information content (AvgIpc) is 2.99. The lowest BCUT2D eigenvalue weighted by molar-refractivity contribution is 0.390. The number of aromatic nitrogens is 3. The van der Waals surface area contributed by atoms with Gasteiger partial charge in [-0.1, -0.05) is 5.21 Å². The summed E-state index contributed by atoms with van der Waals surface area (Å²) in [6, 6.07) is 5.96. The van der Waals surface area contributed by atoms with Gasteiger partial charge in [-0.05, 0) is 25.1 Å². The molecule has 6 heteroatoms. The molecule has 0 fully saturated rings. The van der Waals surface area contributed by atoms with Crippen LogP contribution in [0.25, 0.3) is 0 Å². The minimum Gasteiger partial charge on any atom is -0.497 e. The SMILES string of the molecule is COc1ccc(OC)c(C(C)NCCn2ccnn2)c1. The molecule has 1 heterocycles. The average molecular weight is 276 g/mol. The quantitative estimate of drug-likeness (QED) is 0.833. The van der Waals surface area contributed by atoms with Gasteiger partial charge in [-0.15, -0.1) is 5.10 Å². The van der Waals surface area contributed by atoms with Crippen molar-refractivity contribution >= 4 is 0 Å². The number of nitrogens with zero attached hydrogens (tertiary/aromatic N) is 3. The lowest BCUT2D eigenvalue weighted by Gasteiger charge is -2.18. The first-order chi connectivity index (χ1) is 9.74. The first kappa shape index (κ1) is 14.3. The van der Waals surface area contributed by atoms with E-state index in [0.29, 0.717) is 0 Å². The summed E-state index contributed by atoms with van der Waals surface area (Å²) < 4.78 is 12.5. The van der Waals surface area contributed by atoms with Crippen molar-refractivity contribution < 1.29 is 9.47 Å². The number of nitrogens with one attached hydrogen (secondary N) is 1. The normalized spacial score (nSPS) is 12.2. The molecule has 2 rings (SSSR count). The number of hydrogen-bond acceptors (Lipinski definition) is 5. The third-order valence-electron chi connectivity index (χ3n) is 3.17. The zero-order valence-corrected chi connectivity index (χ0v) is 12.0. The van der Waals surface area contributed by atoms with Gasteiger partial charge in [0.2, 0.25) is 0 Å². The van der Waals surface area contributed by atoms with Crippen LogP contribution >= 0.6 is 0 Å². The monoisotopic (exact) mass is 276 g/mol. The summed E-state index contributed by atoms with van der Waals surface area (Å²) in [4.78, 5) is 0. The molecule has 0 saturated carbocycles. The molecule has 0 spiro atoms. The number of ether oxygens (including phenoxy) is 2. The molecule has 1 aromatic heterocycles. The molecule has 0 aliphatic heterocycles. The fourth-order valence-electron chi connectivity index (χ4n) is 2.04. The first-order valence-corrected chi connectivity index (χ1v) is 6.54. The lowest BCUT2D eigenvalue weighted by Crippen LogP contribution is -2.24. The van der Waals surface area contributed by atoms with E-state index in [9.17, 15) is 0 Å². The Morgan fingerprint density at radius 1 is 1.30 bits per heavy atom. The maximum atomic E-state index is 5.40. The van der Waals surface area contributed by atoms with E-state index in [2.05, 4.69) is 22.6 Å². The fourth-order valence-corrected chi connectivity index (χ4v) is 2.04. The molecule has 2 aromatic rings. The van der Waals surface area contributed by atoms with E-state index in [4.69, 9.17) is 9.47 Å². The van der Waals surface area contributed by atoms with E-state index < -0.39 is 0 Å². The van der Waals surface area contributed by atoms with Gasteiger partial charge in [0.25, 0.3) is 0 Å². The minimum atomic E-state index is 0.156. The van der Waals surface area contributed by atoms with E-state index in [0.717, 1.165) is 30.2 Å². The summed E-state index contributed by atoms with van der Waals surface area (Å²) in [5, 5.41) is 11.1. The maximum Gasteiger partial charge on any atom is 0.123 e. The Kier molecular flexibility index (Phi) is 4.95. The van der Waals surface area contributed by atoms with Crippen LogP contribution in [0.3, 0.4) is 0 Å². The van der Waals surface area contributed by atoms with Crippen molar-refractivity contribution in [3.63, 3.8) is 0 Å². The highest BCUT2D eigenvalue weighted by atomic mass is 16.5. The van der Waals surface area contributed by atoms with Crippen molar-refractivity contribution in [2.24, 2.45) is 0 Å². The third-order valence-corrected chi connectivity index (χ3v) is 3.17. The minimum absolute atomic E-state index is 0.156. The molecule has 6 nitrogen and oxygen atoms in total. The molecule has 0 amide bonds. The number of benzene rings is 1. The van der Waals surface area contributed by atoms with Crippen molar-refractivity contribution in [1.29, 1.82) is 0 Å². The van der Waals surface area contributed by atoms with Crippen molar-refractivity contribution in [2.75, 3.05) is 20.8 Å². The molecule has 0 radical (unpaired) electrons. The Labute approximate surface area is 118 Å². The molecule has 0 aliphatic rings. The van der Waals surface area contributed by atoms with E-state index in [1.54, 1.807) is 25.1 Å². The van der Waals surface area contributed by atoms with Gasteiger partial charge < -0.3 is 14.8 Å². The zero-order valence-electron chi connectivity index (χ0n) is 12.0. The highest BCUT2D eigenvalue weighted by molar-refractivity contribution is 5.42. The molecule has 1 N–H and O–H groups in total. The van der Waals surface area contributed by atoms with Crippen LogP contribution in [0, 0.1) is 0 Å². The van der Waals surface area contributed by atoms with Gasteiger partial charge in [0.15, 0.2) is 0 Å². The summed E-state index contributed by atoms with van der Waals surface area (Å²) >= 11 is 0. The number of methoxy groups -OCH3 is 2. The van der Waals surface area contributed by atoms with Crippen molar-refractivity contribution in [3.8, 4) is 11.5 Å². The molecular weight excluding hydrogens is 256 g/mol. The first-order valence-electron chi connectivity index (χ1n) is 6.54. The molecule has 0 aliphatic carbocycles. The van der Waals surface area contributed by atoms with Gasteiger partial charge in [-0.2, -0.15) is 0 Å². The van der Waals surface area contributed by atoms with Crippen molar-refractivity contribution in [3.05, 3.63) is 36.2 Å². The Hall–Kier alpha value is -2.08. The van der Waals surface area contributed by atoms with Gasteiger partial charge in [-0.3, -0.25) is 4.68 Å². The summed E-state index contributed by atoms with van der Waals surface area (Å²) in [6.45, 7) is 3.67. The lowest BCUT2D eigenvalue weighted by atomic mass is 10.1. The largest absolute Gasteiger partial charge is 0.497 e. The standard InChI is InChI=1S/C14H20N4O2/c1-11(15-6-8-18-9-7-16-17-18)13-10-12(19-2)4-5-14(13)20-3/h4-5,7,9-11,15H,6,8H2,1-3H3. The Bertz CT molecular complexity index is 528. The van der Waals surface area contributed by atoms with Gasteiger partial charge in [-0.25, -0.2) is 0 Å². The smallest absolute Gasteiger partial charge is 0.123 e. The summed E-state index contributed by atoms with van der Waals surface area (Å²) in [7, 11) is 3.34. The van der Waals surface area contributed by atoms with Gasteiger partial charge in [0.05, 0.1) is 27.0 Å². The summed E-state index contributed by atoms with van der Waals surface area (Å²) in [5.41, 5.74) is 1.07. The molecule has 0 saturated heterocycles. The summed E-state index contributed by atoms with van der Waals surface area (Å²) in [6.07, 6.45) is 3.52. The van der Waals surface area contributed by atoms with Crippen LogP contribution in [0.15, 0.2) is 30.6 Å². The topological polar surface area (TPSA) is 61.2 Å². The third kappa shape index (κ3) is 3.48. The fraction of sp³-hybridized carbons (Fsp3) is 0.429. The molecule has 0 bridgehead atoms. The number of rotatable bonds is 7. The van der Waals surface area contributed by atoms with Crippen LogP contribution in [-0.2, 0) is 6.54 Å². The second-order valence-corrected chi connectivity index (χ2v) is 4.45. The maximum absolute atomic E-state index is 5.40. The van der Waals surface area contributed by atoms with Crippen LogP contribution in [0.1, 0.15) is 18.5 Å². The van der Waals surface area contributed by atoms with Gasteiger partial charge >= 0.3 is 0 Å². The zero-order chi connectivity index (χ0) is 14.4. The van der Waals surface area contributed by atoms with Gasteiger partial charge in [0.1, 0.15) is 11.5 Å². The molecule has 1 aromatic carbocycles. The predicted octanol–water partition coefficient (Wildman–Crippen LogP) is 1.65. The molecule has 108 valence electrons. The molecule has 20 heavy (non-hydrogen) atoms. The molecule has 1 unspecified atom stereocenters.